The zero-order chi connectivity index (χ0) is 27.4. The number of benzene rings is 1. The van der Waals surface area contributed by atoms with Gasteiger partial charge in [-0.15, -0.1) is 0 Å². The summed E-state index contributed by atoms with van der Waals surface area (Å²) in [5.41, 5.74) is 7.38. The second kappa shape index (κ2) is 12.4. The lowest BCUT2D eigenvalue weighted by molar-refractivity contribution is -0.121. The first-order valence-corrected chi connectivity index (χ1v) is 14.0. The highest BCUT2D eigenvalue weighted by Crippen LogP contribution is 2.35. The Labute approximate surface area is 232 Å². The van der Waals surface area contributed by atoms with Gasteiger partial charge in [-0.25, -0.2) is 4.98 Å². The van der Waals surface area contributed by atoms with E-state index < -0.39 is 11.8 Å². The summed E-state index contributed by atoms with van der Waals surface area (Å²) in [5.74, 6) is -1.42. The molecule has 3 aliphatic rings. The fraction of sp³-hybridized carbons (Fsp3) is 0.556. The lowest BCUT2D eigenvalue weighted by Crippen LogP contribution is -2.36. The number of carbonyl (C=O) groups is 3. The van der Waals surface area contributed by atoms with Crippen LogP contribution < -0.4 is 21.3 Å². The molecule has 4 N–H and O–H groups in total. The average Bonchev–Trinajstić information content (AvgIpc) is 3.64. The van der Waals surface area contributed by atoms with Gasteiger partial charge in [-0.05, 0) is 56.7 Å². The Balaban J connectivity index is 1.19. The van der Waals surface area contributed by atoms with Crippen molar-refractivity contribution in [3.63, 3.8) is 0 Å². The van der Waals surface area contributed by atoms with Gasteiger partial charge >= 0.3 is 0 Å². The van der Waals surface area contributed by atoms with Crippen LogP contribution in [0, 0.1) is 5.92 Å². The molecule has 3 fully saturated rings. The van der Waals surface area contributed by atoms with Crippen LogP contribution in [0.1, 0.15) is 65.5 Å². The van der Waals surface area contributed by atoms with E-state index in [4.69, 9.17) is 26.8 Å². The van der Waals surface area contributed by atoms with Crippen LogP contribution in [0.15, 0.2) is 24.5 Å². The van der Waals surface area contributed by atoms with Crippen LogP contribution in [0.25, 0.3) is 0 Å². The fourth-order valence-electron chi connectivity index (χ4n) is 5.62. The number of imidazole rings is 1. The molecule has 3 amide bonds. The van der Waals surface area contributed by atoms with Crippen molar-refractivity contribution in [1.82, 2.24) is 14.9 Å². The molecule has 2 aromatic rings. The molecule has 1 aromatic heterocycles. The van der Waals surface area contributed by atoms with Crippen LogP contribution in [-0.2, 0) is 14.3 Å². The van der Waals surface area contributed by atoms with Crippen LogP contribution in [0.5, 0.6) is 0 Å². The van der Waals surface area contributed by atoms with Gasteiger partial charge in [0.25, 0.3) is 11.8 Å². The summed E-state index contributed by atoms with van der Waals surface area (Å²) in [6, 6.07) is 5.58. The summed E-state index contributed by atoms with van der Waals surface area (Å²) in [6.07, 6.45) is 5.87. The van der Waals surface area contributed by atoms with E-state index in [0.29, 0.717) is 62.8 Å². The Hall–Kier alpha value is -3.15. The Morgan fingerprint density at radius 1 is 1.08 bits per heavy atom. The third-order valence-electron chi connectivity index (χ3n) is 7.80. The highest BCUT2D eigenvalue weighted by molar-refractivity contribution is 6.33. The number of halogens is 1. The van der Waals surface area contributed by atoms with Gasteiger partial charge in [0.1, 0.15) is 5.69 Å². The predicted molar refractivity (Wildman–Crippen MR) is 146 cm³/mol. The molecule has 0 spiro atoms. The molecular weight excluding hydrogens is 524 g/mol. The number of hydrogen-bond acceptors (Lipinski definition) is 7. The fourth-order valence-corrected chi connectivity index (χ4v) is 5.79. The Morgan fingerprint density at radius 2 is 1.85 bits per heavy atom. The molecule has 1 aliphatic carbocycles. The summed E-state index contributed by atoms with van der Waals surface area (Å²) < 4.78 is 12.7. The van der Waals surface area contributed by atoms with E-state index in [2.05, 4.69) is 20.5 Å². The van der Waals surface area contributed by atoms with Crippen molar-refractivity contribution in [3.8, 4) is 0 Å². The maximum atomic E-state index is 13.1. The third kappa shape index (κ3) is 6.37. The Kier molecular flexibility index (Phi) is 8.69. The first-order chi connectivity index (χ1) is 18.9. The number of anilines is 2. The normalized spacial score (nSPS) is 23.4. The average molecular weight is 559 g/mol. The van der Waals surface area contributed by atoms with Crippen molar-refractivity contribution in [1.29, 1.82) is 0 Å². The van der Waals surface area contributed by atoms with E-state index in [0.717, 1.165) is 31.6 Å². The van der Waals surface area contributed by atoms with Gasteiger partial charge in [-0.1, -0.05) is 11.6 Å². The molecule has 0 bridgehead atoms. The van der Waals surface area contributed by atoms with Crippen LogP contribution in [0.2, 0.25) is 5.02 Å². The number of primary amides is 1. The highest BCUT2D eigenvalue weighted by atomic mass is 35.5. The predicted octanol–water partition coefficient (Wildman–Crippen LogP) is 2.75. The number of carbonyl (C=O) groups excluding carboxylic acids is 3. The summed E-state index contributed by atoms with van der Waals surface area (Å²) in [5, 5.41) is 6.31. The van der Waals surface area contributed by atoms with Crippen molar-refractivity contribution in [2.24, 2.45) is 11.7 Å². The van der Waals surface area contributed by atoms with Gasteiger partial charge in [0.15, 0.2) is 5.69 Å². The Morgan fingerprint density at radius 3 is 2.54 bits per heavy atom. The third-order valence-corrected chi connectivity index (χ3v) is 8.13. The molecule has 12 heteroatoms. The maximum Gasteiger partial charge on any atom is 0.272 e. The van der Waals surface area contributed by atoms with Crippen molar-refractivity contribution < 1.29 is 23.9 Å². The van der Waals surface area contributed by atoms with Gasteiger partial charge in [-0.3, -0.25) is 14.4 Å². The molecule has 1 aromatic carbocycles. The van der Waals surface area contributed by atoms with Crippen LogP contribution in [-0.4, -0.2) is 72.8 Å². The summed E-state index contributed by atoms with van der Waals surface area (Å²) in [4.78, 5) is 44.7. The monoisotopic (exact) mass is 558 g/mol. The number of amides is 3. The molecular formula is C27H35ClN6O5. The largest absolute Gasteiger partial charge is 0.378 e. The van der Waals surface area contributed by atoms with E-state index in [9.17, 15) is 14.4 Å². The van der Waals surface area contributed by atoms with Crippen molar-refractivity contribution in [2.75, 3.05) is 49.7 Å². The lowest BCUT2D eigenvalue weighted by atomic mass is 9.85. The SMILES string of the molecule is NC(=O)c1c(C(=O)NCC2CCCO2)ncn1[C@H]1CC[C@H](C(=O)Nc2cc(N3CCOCC3)ccc2Cl)CC1. The van der Waals surface area contributed by atoms with Gasteiger partial charge < -0.3 is 35.3 Å². The number of ether oxygens (including phenoxy) is 2. The zero-order valence-electron chi connectivity index (χ0n) is 21.9. The van der Waals surface area contributed by atoms with Crippen LogP contribution >= 0.6 is 11.6 Å². The highest BCUT2D eigenvalue weighted by Gasteiger charge is 2.32. The molecule has 1 atom stereocenters. The number of rotatable bonds is 8. The molecule has 3 heterocycles. The minimum absolute atomic E-state index is 0.0220. The first-order valence-electron chi connectivity index (χ1n) is 13.6. The molecule has 2 aliphatic heterocycles. The minimum Gasteiger partial charge on any atom is -0.378 e. The standard InChI is InChI=1S/C27H35ClN6O5/c28-21-8-7-19(33-9-12-38-13-10-33)14-22(21)32-26(36)17-3-5-18(6-4-17)34-16-31-23(24(34)25(29)35)27(37)30-15-20-2-1-11-39-20/h7-8,14,16-18,20H,1-6,9-13,15H2,(H2,29,35)(H,30,37)(H,32,36)/t17-,18-,20?. The number of aromatic nitrogens is 2. The van der Waals surface area contributed by atoms with E-state index in [1.54, 1.807) is 10.6 Å². The molecule has 5 rings (SSSR count). The lowest BCUT2D eigenvalue weighted by Gasteiger charge is -2.30. The van der Waals surface area contributed by atoms with E-state index in [1.807, 2.05) is 12.1 Å². The Bertz CT molecular complexity index is 1200. The van der Waals surface area contributed by atoms with Gasteiger partial charge in [0.2, 0.25) is 5.91 Å². The second-order valence-corrected chi connectivity index (χ2v) is 10.7. The summed E-state index contributed by atoms with van der Waals surface area (Å²) in [6.45, 7) is 3.98. The maximum absolute atomic E-state index is 13.1. The minimum atomic E-state index is -0.704. The first kappa shape index (κ1) is 27.4. The molecule has 11 nitrogen and oxygen atoms in total. The van der Waals surface area contributed by atoms with Crippen molar-refractivity contribution in [2.45, 2.75) is 50.7 Å². The van der Waals surface area contributed by atoms with E-state index >= 15 is 0 Å². The van der Waals surface area contributed by atoms with Gasteiger partial charge in [0, 0.05) is 43.9 Å². The van der Waals surface area contributed by atoms with Crippen molar-refractivity contribution >= 4 is 40.7 Å². The van der Waals surface area contributed by atoms with Gasteiger partial charge in [-0.2, -0.15) is 0 Å². The molecule has 1 unspecified atom stereocenters. The number of nitrogens with one attached hydrogen (secondary N) is 2. The number of nitrogens with two attached hydrogens (primary N) is 1. The smallest absolute Gasteiger partial charge is 0.272 e. The molecule has 39 heavy (non-hydrogen) atoms. The van der Waals surface area contributed by atoms with E-state index in [1.165, 1.54) is 6.33 Å². The second-order valence-electron chi connectivity index (χ2n) is 10.3. The molecule has 1 saturated carbocycles. The molecule has 0 radical (unpaired) electrons. The number of hydrogen-bond donors (Lipinski definition) is 3. The molecule has 2 saturated heterocycles. The quantitative estimate of drug-likeness (QED) is 0.452. The topological polar surface area (TPSA) is 141 Å². The summed E-state index contributed by atoms with van der Waals surface area (Å²) in [7, 11) is 0. The molecule has 210 valence electrons. The van der Waals surface area contributed by atoms with Crippen LogP contribution in [0.3, 0.4) is 0 Å². The number of morpholine rings is 1. The summed E-state index contributed by atoms with van der Waals surface area (Å²) >= 11 is 6.40. The number of nitrogens with zero attached hydrogens (tertiary/aromatic N) is 3. The van der Waals surface area contributed by atoms with Crippen LogP contribution in [0.4, 0.5) is 11.4 Å². The zero-order valence-corrected chi connectivity index (χ0v) is 22.6. The van der Waals surface area contributed by atoms with E-state index in [-0.39, 0.29) is 35.4 Å². The van der Waals surface area contributed by atoms with Gasteiger partial charge in [0.05, 0.1) is 36.4 Å². The van der Waals surface area contributed by atoms with Crippen molar-refractivity contribution in [3.05, 3.63) is 40.9 Å².